The summed E-state index contributed by atoms with van der Waals surface area (Å²) in [5.74, 6) is 4.53. The lowest BCUT2D eigenvalue weighted by molar-refractivity contribution is -0.105. The van der Waals surface area contributed by atoms with Crippen LogP contribution in [0.1, 0.15) is 61.6 Å². The van der Waals surface area contributed by atoms with E-state index in [0.717, 1.165) is 63.8 Å². The van der Waals surface area contributed by atoms with Gasteiger partial charge in [-0.2, -0.15) is 20.1 Å². The third-order valence-corrected chi connectivity index (χ3v) is 7.58. The Labute approximate surface area is 275 Å². The van der Waals surface area contributed by atoms with E-state index in [-0.39, 0.29) is 0 Å². The number of piperidine rings is 1. The molecule has 3 aliphatic rings. The fourth-order valence-corrected chi connectivity index (χ4v) is 5.21. The molecule has 1 aliphatic carbocycles. The molecule has 4 aromatic heterocycles. The van der Waals surface area contributed by atoms with Crippen LogP contribution in [0.2, 0.25) is 0 Å². The maximum atomic E-state index is 9.80. The van der Waals surface area contributed by atoms with E-state index in [4.69, 9.17) is 20.1 Å². The van der Waals surface area contributed by atoms with E-state index in [1.54, 1.807) is 0 Å². The molecule has 0 radical (unpaired) electrons. The second-order valence-corrected chi connectivity index (χ2v) is 10.5. The highest BCUT2D eigenvalue weighted by Crippen LogP contribution is 2.39. The lowest BCUT2D eigenvalue weighted by Gasteiger charge is -2.32. The first-order valence-electron chi connectivity index (χ1n) is 15.3. The summed E-state index contributed by atoms with van der Waals surface area (Å²) in [5.41, 5.74) is 2.57. The minimum Gasteiger partial charge on any atom is -0.400 e. The van der Waals surface area contributed by atoms with Gasteiger partial charge in [0.15, 0.2) is 11.6 Å². The number of nitrogens with one attached hydrogen (secondary N) is 3. The summed E-state index contributed by atoms with van der Waals surface area (Å²) in [5, 5.41) is 20.2. The standard InChI is InChI=1S/C23H29N9.C5H5N3O.2C2H2.CH4O/c1-2-12-31(11-1)22-26-21(25-20-15-19(29-30-20)18-3-4-18)27-23(28-22)32-13-7-17(8-14-32)16-5-9-24-10-6-16;9-4-8-5-3-6-1-2-7-5;3*1-2/h5-6,9-10,15,17-18H,1-4,7-8,11-14H2,(H2,25,26,27,28,29,30);1-4H,(H,7,8,9);2*1-2H;2H,1H3. The summed E-state index contributed by atoms with van der Waals surface area (Å²) in [6.45, 7) is 3.87. The molecule has 1 saturated carbocycles. The normalized spacial score (nSPS) is 15.1. The van der Waals surface area contributed by atoms with Gasteiger partial charge in [-0.1, -0.05) is 0 Å². The molecule has 14 nitrogen and oxygen atoms in total. The molecule has 2 saturated heterocycles. The molecule has 14 heteroatoms. The van der Waals surface area contributed by atoms with E-state index in [1.807, 2.05) is 12.4 Å². The minimum atomic E-state index is 0.465. The van der Waals surface area contributed by atoms with Gasteiger partial charge in [0.25, 0.3) is 0 Å². The molecule has 0 spiro atoms. The van der Waals surface area contributed by atoms with Crippen LogP contribution in [0.25, 0.3) is 0 Å². The molecule has 2 aliphatic heterocycles. The second kappa shape index (κ2) is 19.7. The van der Waals surface area contributed by atoms with Gasteiger partial charge >= 0.3 is 0 Å². The molecule has 246 valence electrons. The summed E-state index contributed by atoms with van der Waals surface area (Å²) in [7, 11) is 1.00. The zero-order valence-corrected chi connectivity index (χ0v) is 26.6. The second-order valence-electron chi connectivity index (χ2n) is 10.5. The number of aromatic amines is 1. The average Bonchev–Trinajstić information content (AvgIpc) is 3.64. The van der Waals surface area contributed by atoms with Crippen molar-refractivity contribution in [3.63, 3.8) is 0 Å². The maximum absolute atomic E-state index is 9.80. The molecule has 0 atom stereocenters. The van der Waals surface area contributed by atoms with Crippen LogP contribution in [0.15, 0.2) is 49.2 Å². The number of hydrogen-bond acceptors (Lipinski definition) is 12. The highest BCUT2D eigenvalue weighted by molar-refractivity contribution is 5.67. The fraction of sp³-hybridized carbons (Fsp3) is 0.394. The molecule has 6 heterocycles. The van der Waals surface area contributed by atoms with Gasteiger partial charge in [0, 0.05) is 75.8 Å². The van der Waals surface area contributed by atoms with E-state index in [2.05, 4.69) is 89.5 Å². The Bertz CT molecular complexity index is 1490. The van der Waals surface area contributed by atoms with E-state index in [0.29, 0.717) is 30.0 Å². The van der Waals surface area contributed by atoms with Gasteiger partial charge in [-0.15, -0.1) is 25.7 Å². The number of carbonyl (C=O) groups is 1. The largest absolute Gasteiger partial charge is 0.400 e. The van der Waals surface area contributed by atoms with Gasteiger partial charge in [0.1, 0.15) is 0 Å². The Morgan fingerprint density at radius 1 is 0.809 bits per heavy atom. The van der Waals surface area contributed by atoms with Crippen molar-refractivity contribution in [2.45, 2.75) is 50.4 Å². The van der Waals surface area contributed by atoms with Crippen LogP contribution in [0.3, 0.4) is 0 Å². The number of pyridine rings is 1. The van der Waals surface area contributed by atoms with Crippen LogP contribution in [-0.4, -0.2) is 84.9 Å². The first kappa shape index (κ1) is 35.9. The maximum Gasteiger partial charge on any atom is 0.235 e. The monoisotopic (exact) mass is 638 g/mol. The van der Waals surface area contributed by atoms with Crippen LogP contribution in [0.5, 0.6) is 0 Å². The van der Waals surface area contributed by atoms with Gasteiger partial charge in [0.05, 0.1) is 6.20 Å². The summed E-state index contributed by atoms with van der Waals surface area (Å²) in [4.78, 5) is 40.4. The average molecular weight is 639 g/mol. The SMILES string of the molecule is C#C.C#C.CO.O=CNc1cnccn1.c1cc(C2CCN(c3nc(Nc4cc(C5CC5)[nH]n4)nc(N4CCCC4)n3)CC2)ccn1. The van der Waals surface area contributed by atoms with E-state index >= 15 is 0 Å². The number of aromatic nitrogens is 8. The third kappa shape index (κ3) is 10.8. The van der Waals surface area contributed by atoms with Crippen molar-refractivity contribution in [2.24, 2.45) is 0 Å². The number of rotatable bonds is 8. The molecular weight excluding hydrogens is 596 g/mol. The van der Waals surface area contributed by atoms with Crippen LogP contribution >= 0.6 is 0 Å². The Balaban J connectivity index is 0.000000339. The Kier molecular flexibility index (Phi) is 15.0. The summed E-state index contributed by atoms with van der Waals surface area (Å²) in [6.07, 6.45) is 31.9. The molecule has 0 bridgehead atoms. The van der Waals surface area contributed by atoms with E-state index in [9.17, 15) is 4.79 Å². The lowest BCUT2D eigenvalue weighted by atomic mass is 9.90. The Morgan fingerprint density at radius 3 is 2.02 bits per heavy atom. The van der Waals surface area contributed by atoms with Crippen molar-refractivity contribution in [3.05, 3.63) is 60.4 Å². The topological polar surface area (TPSA) is 174 Å². The highest BCUT2D eigenvalue weighted by Gasteiger charge is 2.27. The number of anilines is 5. The number of hydrogen-bond donors (Lipinski definition) is 4. The summed E-state index contributed by atoms with van der Waals surface area (Å²) in [6, 6.07) is 6.35. The highest BCUT2D eigenvalue weighted by atomic mass is 16.2. The van der Waals surface area contributed by atoms with Gasteiger partial charge in [-0.05, 0) is 62.1 Å². The number of H-pyrrole nitrogens is 1. The predicted molar refractivity (Wildman–Crippen MR) is 183 cm³/mol. The fourth-order valence-electron chi connectivity index (χ4n) is 5.21. The zero-order chi connectivity index (χ0) is 33.9. The minimum absolute atomic E-state index is 0.465. The lowest BCUT2D eigenvalue weighted by Crippen LogP contribution is -2.35. The predicted octanol–water partition coefficient (Wildman–Crippen LogP) is 3.75. The molecule has 4 N–H and O–H groups in total. The molecule has 3 fully saturated rings. The number of terminal acetylenes is 2. The van der Waals surface area contributed by atoms with Gasteiger partial charge in [0.2, 0.25) is 24.3 Å². The van der Waals surface area contributed by atoms with Crippen LogP contribution in [0, 0.1) is 25.7 Å². The van der Waals surface area contributed by atoms with Crippen molar-refractivity contribution in [1.82, 2.24) is 40.1 Å². The van der Waals surface area contributed by atoms with E-state index in [1.165, 1.54) is 55.5 Å². The molecule has 7 rings (SSSR count). The molecule has 47 heavy (non-hydrogen) atoms. The zero-order valence-electron chi connectivity index (χ0n) is 26.6. The van der Waals surface area contributed by atoms with Gasteiger partial charge in [-0.25, -0.2) is 4.98 Å². The molecular formula is C33H42N12O2. The quantitative estimate of drug-likeness (QED) is 0.163. The molecule has 4 aromatic rings. The number of nitrogens with zero attached hydrogens (tertiary/aromatic N) is 9. The van der Waals surface area contributed by atoms with Crippen molar-refractivity contribution in [1.29, 1.82) is 0 Å². The van der Waals surface area contributed by atoms with Crippen LogP contribution < -0.4 is 20.4 Å². The van der Waals surface area contributed by atoms with Crippen LogP contribution in [-0.2, 0) is 4.79 Å². The smallest absolute Gasteiger partial charge is 0.235 e. The van der Waals surface area contributed by atoms with Crippen molar-refractivity contribution < 1.29 is 9.90 Å². The molecule has 0 aromatic carbocycles. The number of amides is 1. The Hall–Kier alpha value is -5.60. The van der Waals surface area contributed by atoms with E-state index < -0.39 is 0 Å². The van der Waals surface area contributed by atoms with Crippen LogP contribution in [0.4, 0.5) is 29.5 Å². The third-order valence-electron chi connectivity index (χ3n) is 7.58. The first-order chi connectivity index (χ1) is 23.2. The van der Waals surface area contributed by atoms with Gasteiger partial charge in [-0.3, -0.25) is 19.9 Å². The number of aliphatic hydroxyl groups is 1. The summed E-state index contributed by atoms with van der Waals surface area (Å²) < 4.78 is 0. The molecule has 0 unspecified atom stereocenters. The molecule has 1 amide bonds. The first-order valence-corrected chi connectivity index (χ1v) is 15.3. The van der Waals surface area contributed by atoms with Gasteiger partial charge < -0.3 is 25.5 Å². The Morgan fingerprint density at radius 2 is 1.45 bits per heavy atom. The summed E-state index contributed by atoms with van der Waals surface area (Å²) >= 11 is 0. The van der Waals surface area contributed by atoms with Crippen molar-refractivity contribution >= 4 is 35.9 Å². The van der Waals surface area contributed by atoms with Crippen molar-refractivity contribution in [3.8, 4) is 25.7 Å². The van der Waals surface area contributed by atoms with Crippen molar-refractivity contribution in [2.75, 3.05) is 53.7 Å². The number of carbonyl (C=O) groups excluding carboxylic acids is 1. The number of aliphatic hydroxyl groups excluding tert-OH is 1.